The van der Waals surface area contributed by atoms with Crippen molar-refractivity contribution < 1.29 is 5.11 Å². The van der Waals surface area contributed by atoms with Crippen LogP contribution < -0.4 is 0 Å². The van der Waals surface area contributed by atoms with Crippen LogP contribution in [0.4, 0.5) is 0 Å². The van der Waals surface area contributed by atoms with Gasteiger partial charge in [0, 0.05) is 12.4 Å². The Morgan fingerprint density at radius 3 is 2.58 bits per heavy atom. The number of nitrogens with zero attached hydrogens (tertiary/aromatic N) is 2. The first-order chi connectivity index (χ1) is 5.86. The van der Waals surface area contributed by atoms with Gasteiger partial charge in [-0.05, 0) is 31.7 Å². The Morgan fingerprint density at radius 1 is 1.25 bits per heavy atom. The van der Waals surface area contributed by atoms with E-state index in [4.69, 9.17) is 0 Å². The molecule has 0 amide bonds. The molecule has 1 aliphatic carbocycles. The van der Waals surface area contributed by atoms with Crippen LogP contribution in [0.2, 0.25) is 0 Å². The summed E-state index contributed by atoms with van der Waals surface area (Å²) >= 11 is 0. The van der Waals surface area contributed by atoms with Crippen LogP contribution in [0.1, 0.15) is 31.7 Å². The minimum Gasteiger partial charge on any atom is -0.393 e. The highest BCUT2D eigenvalue weighted by molar-refractivity contribution is 4.84. The zero-order valence-electron chi connectivity index (χ0n) is 7.06. The van der Waals surface area contributed by atoms with Crippen molar-refractivity contribution >= 4 is 0 Å². The molecule has 0 bridgehead atoms. The highest BCUT2D eigenvalue weighted by atomic mass is 16.3. The predicted molar refractivity (Wildman–Crippen MR) is 45.7 cm³/mol. The summed E-state index contributed by atoms with van der Waals surface area (Å²) < 4.78 is 2.01. The molecule has 1 aliphatic rings. The highest BCUT2D eigenvalue weighted by Gasteiger charge is 2.20. The van der Waals surface area contributed by atoms with Gasteiger partial charge in [-0.15, -0.1) is 0 Å². The van der Waals surface area contributed by atoms with Crippen LogP contribution >= 0.6 is 0 Å². The molecule has 12 heavy (non-hydrogen) atoms. The normalized spacial score (nSPS) is 30.4. The second kappa shape index (κ2) is 3.27. The quantitative estimate of drug-likeness (QED) is 0.684. The predicted octanol–water partition coefficient (Wildman–Crippen LogP) is 1.36. The molecule has 1 heterocycles. The molecule has 2 rings (SSSR count). The smallest absolute Gasteiger partial charge is 0.0541 e. The lowest BCUT2D eigenvalue weighted by Gasteiger charge is -2.25. The fourth-order valence-electron chi connectivity index (χ4n) is 1.82. The molecule has 1 aromatic rings. The second-order valence-electron chi connectivity index (χ2n) is 3.45. The number of rotatable bonds is 1. The van der Waals surface area contributed by atoms with E-state index in [0.29, 0.717) is 6.04 Å². The highest BCUT2D eigenvalue weighted by Crippen LogP contribution is 2.27. The summed E-state index contributed by atoms with van der Waals surface area (Å²) in [5.74, 6) is 0. The summed E-state index contributed by atoms with van der Waals surface area (Å²) in [5.41, 5.74) is 0. The number of aliphatic hydroxyl groups is 1. The van der Waals surface area contributed by atoms with Gasteiger partial charge in [-0.2, -0.15) is 5.10 Å². The van der Waals surface area contributed by atoms with Gasteiger partial charge in [0.25, 0.3) is 0 Å². The largest absolute Gasteiger partial charge is 0.393 e. The molecular weight excluding hydrogens is 152 g/mol. The number of aliphatic hydroxyl groups excluding tert-OH is 1. The average Bonchev–Trinajstić information content (AvgIpc) is 2.58. The molecule has 0 unspecified atom stereocenters. The van der Waals surface area contributed by atoms with Crippen LogP contribution in [0.3, 0.4) is 0 Å². The Hall–Kier alpha value is -0.830. The van der Waals surface area contributed by atoms with Gasteiger partial charge >= 0.3 is 0 Å². The molecule has 0 radical (unpaired) electrons. The zero-order valence-corrected chi connectivity index (χ0v) is 7.06. The van der Waals surface area contributed by atoms with Crippen LogP contribution in [0, 0.1) is 0 Å². The summed E-state index contributed by atoms with van der Waals surface area (Å²) in [5, 5.41) is 13.5. The van der Waals surface area contributed by atoms with E-state index < -0.39 is 0 Å². The molecule has 0 atom stereocenters. The van der Waals surface area contributed by atoms with Crippen LogP contribution in [0.15, 0.2) is 18.5 Å². The summed E-state index contributed by atoms with van der Waals surface area (Å²) in [6.45, 7) is 0. The van der Waals surface area contributed by atoms with Gasteiger partial charge in [0.15, 0.2) is 0 Å². The lowest BCUT2D eigenvalue weighted by Crippen LogP contribution is -2.21. The van der Waals surface area contributed by atoms with Crippen LogP contribution in [0.25, 0.3) is 0 Å². The molecule has 66 valence electrons. The number of aromatic nitrogens is 2. The van der Waals surface area contributed by atoms with Gasteiger partial charge in [-0.1, -0.05) is 0 Å². The minimum absolute atomic E-state index is 0.0724. The first-order valence-corrected chi connectivity index (χ1v) is 4.53. The van der Waals surface area contributed by atoms with Crippen molar-refractivity contribution in [2.75, 3.05) is 0 Å². The fourth-order valence-corrected chi connectivity index (χ4v) is 1.82. The Kier molecular flexibility index (Phi) is 2.13. The van der Waals surface area contributed by atoms with E-state index in [1.165, 1.54) is 0 Å². The van der Waals surface area contributed by atoms with Crippen LogP contribution in [-0.4, -0.2) is 21.0 Å². The van der Waals surface area contributed by atoms with Crippen LogP contribution in [-0.2, 0) is 0 Å². The molecular formula is C9H14N2O. The first kappa shape index (κ1) is 7.80. The van der Waals surface area contributed by atoms with Crippen LogP contribution in [0.5, 0.6) is 0 Å². The van der Waals surface area contributed by atoms with Crippen molar-refractivity contribution in [1.82, 2.24) is 9.78 Å². The summed E-state index contributed by atoms with van der Waals surface area (Å²) in [6.07, 6.45) is 7.70. The average molecular weight is 166 g/mol. The summed E-state index contributed by atoms with van der Waals surface area (Å²) in [6, 6.07) is 2.47. The van der Waals surface area contributed by atoms with E-state index in [2.05, 4.69) is 5.10 Å². The molecule has 0 spiro atoms. The van der Waals surface area contributed by atoms with E-state index in [9.17, 15) is 5.11 Å². The van der Waals surface area contributed by atoms with E-state index in [1.54, 1.807) is 0 Å². The Balaban J connectivity index is 1.99. The van der Waals surface area contributed by atoms with Gasteiger partial charge in [0.1, 0.15) is 0 Å². The minimum atomic E-state index is -0.0724. The van der Waals surface area contributed by atoms with E-state index >= 15 is 0 Å². The molecule has 1 N–H and O–H groups in total. The van der Waals surface area contributed by atoms with Gasteiger partial charge in [-0.3, -0.25) is 4.68 Å². The van der Waals surface area contributed by atoms with Crippen molar-refractivity contribution in [3.8, 4) is 0 Å². The SMILES string of the molecule is O[C@H]1CC[C@H](n2cccn2)CC1. The molecule has 1 fully saturated rings. The maximum atomic E-state index is 9.29. The third-order valence-electron chi connectivity index (χ3n) is 2.57. The van der Waals surface area contributed by atoms with E-state index in [1.807, 2.05) is 23.1 Å². The standard InChI is InChI=1S/C9H14N2O/c12-9-4-2-8(3-5-9)11-7-1-6-10-11/h1,6-9,12H,2-5H2/t8-,9-. The summed E-state index contributed by atoms with van der Waals surface area (Å²) in [7, 11) is 0. The fraction of sp³-hybridized carbons (Fsp3) is 0.667. The Bertz CT molecular complexity index is 225. The molecule has 3 heteroatoms. The van der Waals surface area contributed by atoms with Crippen molar-refractivity contribution in [1.29, 1.82) is 0 Å². The van der Waals surface area contributed by atoms with Crippen molar-refractivity contribution in [2.45, 2.75) is 37.8 Å². The number of hydrogen-bond acceptors (Lipinski definition) is 2. The van der Waals surface area contributed by atoms with E-state index in [-0.39, 0.29) is 6.10 Å². The van der Waals surface area contributed by atoms with Crippen molar-refractivity contribution in [3.63, 3.8) is 0 Å². The van der Waals surface area contributed by atoms with Gasteiger partial charge in [-0.25, -0.2) is 0 Å². The lowest BCUT2D eigenvalue weighted by molar-refractivity contribution is 0.108. The molecule has 0 aromatic carbocycles. The van der Waals surface area contributed by atoms with Crippen molar-refractivity contribution in [3.05, 3.63) is 18.5 Å². The Labute approximate surface area is 72.0 Å². The molecule has 1 aromatic heterocycles. The number of hydrogen-bond donors (Lipinski definition) is 1. The topological polar surface area (TPSA) is 38.0 Å². The summed E-state index contributed by atoms with van der Waals surface area (Å²) in [4.78, 5) is 0. The first-order valence-electron chi connectivity index (χ1n) is 4.53. The lowest BCUT2D eigenvalue weighted by atomic mass is 9.93. The molecule has 3 nitrogen and oxygen atoms in total. The maximum absolute atomic E-state index is 9.29. The Morgan fingerprint density at radius 2 is 2.00 bits per heavy atom. The monoisotopic (exact) mass is 166 g/mol. The second-order valence-corrected chi connectivity index (χ2v) is 3.45. The van der Waals surface area contributed by atoms with Gasteiger partial charge in [0.2, 0.25) is 0 Å². The molecule has 0 saturated heterocycles. The maximum Gasteiger partial charge on any atom is 0.0541 e. The van der Waals surface area contributed by atoms with Gasteiger partial charge in [0.05, 0.1) is 12.1 Å². The third-order valence-corrected chi connectivity index (χ3v) is 2.57. The third kappa shape index (κ3) is 1.50. The van der Waals surface area contributed by atoms with Crippen molar-refractivity contribution in [2.24, 2.45) is 0 Å². The molecule has 0 aliphatic heterocycles. The zero-order chi connectivity index (χ0) is 8.39. The molecule has 1 saturated carbocycles. The van der Waals surface area contributed by atoms with Gasteiger partial charge < -0.3 is 5.11 Å². The van der Waals surface area contributed by atoms with E-state index in [0.717, 1.165) is 25.7 Å².